The Balaban J connectivity index is 1.38. The third kappa shape index (κ3) is 2.82. The maximum absolute atomic E-state index is 2.56. The van der Waals surface area contributed by atoms with Gasteiger partial charge < -0.3 is 0 Å². The van der Waals surface area contributed by atoms with Crippen LogP contribution in [0.4, 0.5) is 0 Å². The van der Waals surface area contributed by atoms with Crippen LogP contribution in [0.15, 0.2) is 146 Å². The summed E-state index contributed by atoms with van der Waals surface area (Å²) in [4.78, 5) is 0. The molecule has 7 aromatic rings. The molecule has 194 valence electrons. The van der Waals surface area contributed by atoms with Gasteiger partial charge >= 0.3 is 0 Å². The Hall–Kier alpha value is -5.20. The number of fused-ring (bicyclic) bond motifs is 7. The van der Waals surface area contributed by atoms with Crippen molar-refractivity contribution in [3.8, 4) is 22.3 Å². The van der Waals surface area contributed by atoms with Crippen LogP contribution in [0.2, 0.25) is 0 Å². The molecule has 2 atom stereocenters. The van der Waals surface area contributed by atoms with Crippen molar-refractivity contribution in [3.63, 3.8) is 0 Å². The molecule has 0 spiro atoms. The van der Waals surface area contributed by atoms with E-state index in [2.05, 4.69) is 146 Å². The van der Waals surface area contributed by atoms with Gasteiger partial charge in [0.1, 0.15) is 0 Å². The third-order valence-electron chi connectivity index (χ3n) is 9.98. The van der Waals surface area contributed by atoms with Crippen molar-refractivity contribution in [3.05, 3.63) is 179 Å². The normalized spacial score (nSPS) is 17.4. The van der Waals surface area contributed by atoms with E-state index in [0.717, 1.165) is 0 Å². The molecule has 0 saturated carbocycles. The highest BCUT2D eigenvalue weighted by Gasteiger charge is 2.44. The molecule has 0 heterocycles. The average Bonchev–Trinajstić information content (AvgIpc) is 3.55. The van der Waals surface area contributed by atoms with Crippen LogP contribution >= 0.6 is 0 Å². The summed E-state index contributed by atoms with van der Waals surface area (Å²) < 4.78 is 0. The van der Waals surface area contributed by atoms with Crippen LogP contribution in [-0.2, 0) is 0 Å². The molecule has 3 aliphatic carbocycles. The minimum atomic E-state index is 0.217. The van der Waals surface area contributed by atoms with Crippen LogP contribution < -0.4 is 0 Å². The molecule has 0 N–H and O–H groups in total. The molecule has 0 bridgehead atoms. The van der Waals surface area contributed by atoms with E-state index in [1.165, 1.54) is 88.3 Å². The maximum Gasteiger partial charge on any atom is 0.0218 e. The number of rotatable bonds is 2. The molecule has 0 radical (unpaired) electrons. The Kier molecular flexibility index (Phi) is 4.38. The zero-order valence-corrected chi connectivity index (χ0v) is 23.0. The highest BCUT2D eigenvalue weighted by Crippen LogP contribution is 2.62. The van der Waals surface area contributed by atoms with Gasteiger partial charge in [0.25, 0.3) is 0 Å². The van der Waals surface area contributed by atoms with Crippen molar-refractivity contribution in [2.75, 3.05) is 0 Å². The number of allylic oxidation sites excluding steroid dienone is 1. The fourth-order valence-corrected chi connectivity index (χ4v) is 8.41. The molecule has 0 heteroatoms. The molecule has 2 unspecified atom stereocenters. The van der Waals surface area contributed by atoms with E-state index >= 15 is 0 Å². The second kappa shape index (κ2) is 8.18. The van der Waals surface area contributed by atoms with E-state index in [9.17, 15) is 0 Å². The summed E-state index contributed by atoms with van der Waals surface area (Å²) in [6, 6.07) is 54.8. The quantitative estimate of drug-likeness (QED) is 0.208. The third-order valence-corrected chi connectivity index (χ3v) is 9.98. The van der Waals surface area contributed by atoms with Gasteiger partial charge in [-0.05, 0) is 100 Å². The highest BCUT2D eigenvalue weighted by atomic mass is 14.5. The lowest BCUT2D eigenvalue weighted by molar-refractivity contribution is 0.733. The molecule has 0 amide bonds. The summed E-state index contributed by atoms with van der Waals surface area (Å²) in [6.07, 6.45) is 0. The van der Waals surface area contributed by atoms with Crippen molar-refractivity contribution in [2.24, 2.45) is 0 Å². The summed E-state index contributed by atoms with van der Waals surface area (Å²) >= 11 is 0. The Morgan fingerprint density at radius 2 is 0.952 bits per heavy atom. The van der Waals surface area contributed by atoms with Gasteiger partial charge in [0.05, 0.1) is 0 Å². The van der Waals surface area contributed by atoms with Gasteiger partial charge in [-0.3, -0.25) is 0 Å². The van der Waals surface area contributed by atoms with Crippen LogP contribution in [0.25, 0.3) is 54.9 Å². The lowest BCUT2D eigenvalue weighted by atomic mass is 9.66. The van der Waals surface area contributed by atoms with E-state index in [0.29, 0.717) is 0 Å². The van der Waals surface area contributed by atoms with Crippen LogP contribution in [0.3, 0.4) is 0 Å². The van der Waals surface area contributed by atoms with E-state index in [4.69, 9.17) is 0 Å². The Morgan fingerprint density at radius 3 is 1.67 bits per heavy atom. The Labute approximate surface area is 245 Å². The lowest BCUT2D eigenvalue weighted by Crippen LogP contribution is -2.19. The Morgan fingerprint density at radius 1 is 0.357 bits per heavy atom. The summed E-state index contributed by atoms with van der Waals surface area (Å²) in [5.41, 5.74) is 16.6. The van der Waals surface area contributed by atoms with Gasteiger partial charge in [-0.15, -0.1) is 0 Å². The fourth-order valence-electron chi connectivity index (χ4n) is 8.41. The largest absolute Gasteiger partial charge is 0.0622 e. The van der Waals surface area contributed by atoms with Gasteiger partial charge in [-0.2, -0.15) is 0 Å². The molecule has 10 rings (SSSR count). The summed E-state index contributed by atoms with van der Waals surface area (Å²) in [7, 11) is 0. The fraction of sp³-hybridized carbons (Fsp3) is 0.0476. The molecule has 7 aromatic carbocycles. The van der Waals surface area contributed by atoms with E-state index in [1.807, 2.05) is 0 Å². The number of hydrogen-bond acceptors (Lipinski definition) is 0. The highest BCUT2D eigenvalue weighted by molar-refractivity contribution is 6.18. The predicted molar refractivity (Wildman–Crippen MR) is 176 cm³/mol. The van der Waals surface area contributed by atoms with E-state index in [1.54, 1.807) is 0 Å². The summed E-state index contributed by atoms with van der Waals surface area (Å²) in [5, 5.41) is 5.46. The Bertz CT molecular complexity index is 2280. The first kappa shape index (κ1) is 22.5. The van der Waals surface area contributed by atoms with Crippen molar-refractivity contribution >= 4 is 32.7 Å². The van der Waals surface area contributed by atoms with E-state index < -0.39 is 0 Å². The second-order valence-electron chi connectivity index (χ2n) is 12.0. The van der Waals surface area contributed by atoms with Gasteiger partial charge in [-0.25, -0.2) is 0 Å². The average molecular weight is 531 g/mol. The predicted octanol–water partition coefficient (Wildman–Crippen LogP) is 10.8. The topological polar surface area (TPSA) is 0 Å². The summed E-state index contributed by atoms with van der Waals surface area (Å²) in [5.74, 6) is 0.462. The lowest BCUT2D eigenvalue weighted by Gasteiger charge is -2.36. The standard InChI is InChI=1S/C42H26/c1-3-11-27(12-4-1)39-35-23-33-29-19-7-15-25-16-8-20-30(37(25)29)34(33)24-36(35)40(28-13-5-2-6-14-28)42-32-22-10-18-26-17-9-21-31(38(26)32)41(39)42/h1-24,39,41H. The van der Waals surface area contributed by atoms with Crippen LogP contribution in [-0.4, -0.2) is 0 Å². The zero-order valence-electron chi connectivity index (χ0n) is 23.0. The van der Waals surface area contributed by atoms with Crippen molar-refractivity contribution in [2.45, 2.75) is 11.8 Å². The molecule has 42 heavy (non-hydrogen) atoms. The SMILES string of the molecule is c1ccc(C2=C3c4cccc5cccc(c45)C3C(c3ccccc3)c3cc4c(cc32)-c2cccc3cccc-4c23)cc1. The van der Waals surface area contributed by atoms with Crippen LogP contribution in [0.5, 0.6) is 0 Å². The molecule has 0 saturated heterocycles. The van der Waals surface area contributed by atoms with Gasteiger partial charge in [0.15, 0.2) is 0 Å². The van der Waals surface area contributed by atoms with E-state index in [-0.39, 0.29) is 11.8 Å². The first-order valence-corrected chi connectivity index (χ1v) is 14.9. The minimum Gasteiger partial charge on any atom is -0.0622 e. The number of benzene rings is 7. The first-order valence-electron chi connectivity index (χ1n) is 14.9. The first-order chi connectivity index (χ1) is 20.9. The molecular formula is C42H26. The molecule has 0 fully saturated rings. The van der Waals surface area contributed by atoms with Crippen molar-refractivity contribution in [1.82, 2.24) is 0 Å². The maximum atomic E-state index is 2.56. The molecule has 0 aromatic heterocycles. The van der Waals surface area contributed by atoms with Crippen molar-refractivity contribution in [1.29, 1.82) is 0 Å². The zero-order chi connectivity index (χ0) is 27.4. The minimum absolute atomic E-state index is 0.217. The van der Waals surface area contributed by atoms with Gasteiger partial charge in [0, 0.05) is 11.8 Å². The smallest absolute Gasteiger partial charge is 0.0218 e. The molecule has 0 aliphatic heterocycles. The number of hydrogen-bond donors (Lipinski definition) is 0. The van der Waals surface area contributed by atoms with Gasteiger partial charge in [0.2, 0.25) is 0 Å². The van der Waals surface area contributed by atoms with Crippen LogP contribution in [0.1, 0.15) is 45.2 Å². The molecule has 3 aliphatic rings. The summed E-state index contributed by atoms with van der Waals surface area (Å²) in [6.45, 7) is 0. The van der Waals surface area contributed by atoms with Crippen LogP contribution in [0, 0.1) is 0 Å². The van der Waals surface area contributed by atoms with Gasteiger partial charge in [-0.1, -0.05) is 133 Å². The monoisotopic (exact) mass is 530 g/mol. The molecule has 0 nitrogen and oxygen atoms in total. The molecular weight excluding hydrogens is 504 g/mol. The second-order valence-corrected chi connectivity index (χ2v) is 12.0. The van der Waals surface area contributed by atoms with Crippen molar-refractivity contribution < 1.29 is 0 Å².